The molecule has 1 heterocycles. The van der Waals surface area contributed by atoms with Crippen LogP contribution in [0.4, 0.5) is 0 Å². The molecule has 1 saturated heterocycles. The Bertz CT molecular complexity index is 177. The molecule has 1 rings (SSSR count). The molecule has 0 unspecified atom stereocenters. The average molecular weight is 168 g/mol. The van der Waals surface area contributed by atoms with E-state index < -0.39 is 0 Å². The smallest absolute Gasteiger partial charge is 0.0628 e. The van der Waals surface area contributed by atoms with Crippen molar-refractivity contribution in [2.75, 3.05) is 19.6 Å². The standard InChI is InChI=1S/C8H16N4/c1-7(2)3-4-12-5-8(6-12)10-11-9/h7-8H,3-6H2,1-2H3. The van der Waals surface area contributed by atoms with E-state index in [0.717, 1.165) is 25.6 Å². The monoisotopic (exact) mass is 168 g/mol. The molecule has 0 bridgehead atoms. The normalized spacial score (nSPS) is 18.9. The van der Waals surface area contributed by atoms with Gasteiger partial charge in [0.15, 0.2) is 0 Å². The average Bonchev–Trinajstić information content (AvgIpc) is 1.93. The summed E-state index contributed by atoms with van der Waals surface area (Å²) < 4.78 is 0. The highest BCUT2D eigenvalue weighted by Gasteiger charge is 2.24. The van der Waals surface area contributed by atoms with Crippen LogP contribution in [-0.4, -0.2) is 30.6 Å². The van der Waals surface area contributed by atoms with Crippen LogP contribution < -0.4 is 0 Å². The van der Waals surface area contributed by atoms with Gasteiger partial charge in [0.05, 0.1) is 6.04 Å². The van der Waals surface area contributed by atoms with E-state index in [1.807, 2.05) is 0 Å². The van der Waals surface area contributed by atoms with Gasteiger partial charge < -0.3 is 4.90 Å². The molecule has 0 saturated carbocycles. The molecule has 0 aromatic carbocycles. The van der Waals surface area contributed by atoms with E-state index in [-0.39, 0.29) is 6.04 Å². The summed E-state index contributed by atoms with van der Waals surface area (Å²) >= 11 is 0. The van der Waals surface area contributed by atoms with Gasteiger partial charge in [-0.05, 0) is 24.4 Å². The molecule has 4 heteroatoms. The van der Waals surface area contributed by atoms with Gasteiger partial charge >= 0.3 is 0 Å². The van der Waals surface area contributed by atoms with Gasteiger partial charge in [-0.1, -0.05) is 19.0 Å². The van der Waals surface area contributed by atoms with Crippen molar-refractivity contribution in [3.63, 3.8) is 0 Å². The van der Waals surface area contributed by atoms with Crippen LogP contribution in [0, 0.1) is 5.92 Å². The molecule has 1 aliphatic rings. The second-order valence-electron chi connectivity index (χ2n) is 3.80. The fourth-order valence-corrected chi connectivity index (χ4v) is 1.31. The predicted octanol–water partition coefficient (Wildman–Crippen LogP) is 2.03. The summed E-state index contributed by atoms with van der Waals surface area (Å²) in [5, 5.41) is 3.65. The second kappa shape index (κ2) is 4.33. The Kier molecular flexibility index (Phi) is 3.38. The molecule has 0 atom stereocenters. The Balaban J connectivity index is 2.05. The molecule has 0 N–H and O–H groups in total. The Labute approximate surface area is 73.2 Å². The molecule has 68 valence electrons. The lowest BCUT2D eigenvalue weighted by Gasteiger charge is -2.36. The molecule has 1 fully saturated rings. The molecule has 0 spiro atoms. The first-order valence-corrected chi connectivity index (χ1v) is 4.49. The molecule has 1 aliphatic heterocycles. The number of hydrogen-bond donors (Lipinski definition) is 0. The van der Waals surface area contributed by atoms with Crippen molar-refractivity contribution < 1.29 is 0 Å². The van der Waals surface area contributed by atoms with Crippen LogP contribution in [0.25, 0.3) is 10.4 Å². The van der Waals surface area contributed by atoms with Crippen molar-refractivity contribution in [3.05, 3.63) is 10.4 Å². The Morgan fingerprint density at radius 3 is 2.75 bits per heavy atom. The lowest BCUT2D eigenvalue weighted by Crippen LogP contribution is -2.49. The maximum atomic E-state index is 8.15. The second-order valence-corrected chi connectivity index (χ2v) is 3.80. The van der Waals surface area contributed by atoms with E-state index >= 15 is 0 Å². The topological polar surface area (TPSA) is 52.0 Å². The van der Waals surface area contributed by atoms with Crippen molar-refractivity contribution in [1.29, 1.82) is 0 Å². The van der Waals surface area contributed by atoms with E-state index in [1.165, 1.54) is 6.42 Å². The van der Waals surface area contributed by atoms with E-state index in [2.05, 4.69) is 28.8 Å². The Hall–Kier alpha value is -0.730. The third-order valence-corrected chi connectivity index (χ3v) is 2.18. The van der Waals surface area contributed by atoms with Crippen LogP contribution in [0.5, 0.6) is 0 Å². The van der Waals surface area contributed by atoms with Crippen LogP contribution in [0.3, 0.4) is 0 Å². The first-order valence-electron chi connectivity index (χ1n) is 4.49. The van der Waals surface area contributed by atoms with Crippen LogP contribution in [0.15, 0.2) is 5.11 Å². The first kappa shape index (κ1) is 9.36. The summed E-state index contributed by atoms with van der Waals surface area (Å²) in [5.74, 6) is 0.767. The fraction of sp³-hybridized carbons (Fsp3) is 1.00. The molecule has 0 aliphatic carbocycles. The molecular formula is C8H16N4. The third-order valence-electron chi connectivity index (χ3n) is 2.18. The van der Waals surface area contributed by atoms with E-state index in [9.17, 15) is 0 Å². The van der Waals surface area contributed by atoms with Crippen molar-refractivity contribution in [1.82, 2.24) is 4.90 Å². The number of likely N-dealkylation sites (tertiary alicyclic amines) is 1. The van der Waals surface area contributed by atoms with Crippen molar-refractivity contribution in [3.8, 4) is 0 Å². The lowest BCUT2D eigenvalue weighted by molar-refractivity contribution is 0.143. The van der Waals surface area contributed by atoms with Crippen molar-refractivity contribution >= 4 is 0 Å². The molecule has 0 amide bonds. The summed E-state index contributed by atoms with van der Waals surface area (Å²) in [4.78, 5) is 5.12. The van der Waals surface area contributed by atoms with Gasteiger partial charge in [-0.3, -0.25) is 0 Å². The quantitative estimate of drug-likeness (QED) is 0.360. The third kappa shape index (κ3) is 2.72. The van der Waals surface area contributed by atoms with E-state index in [4.69, 9.17) is 5.53 Å². The zero-order valence-corrected chi connectivity index (χ0v) is 7.77. The maximum absolute atomic E-state index is 8.15. The summed E-state index contributed by atoms with van der Waals surface area (Å²) in [6.45, 7) is 7.51. The van der Waals surface area contributed by atoms with E-state index in [1.54, 1.807) is 0 Å². The van der Waals surface area contributed by atoms with Crippen LogP contribution >= 0.6 is 0 Å². The van der Waals surface area contributed by atoms with E-state index in [0.29, 0.717) is 0 Å². The molecule has 0 radical (unpaired) electrons. The highest BCUT2D eigenvalue weighted by molar-refractivity contribution is 4.85. The van der Waals surface area contributed by atoms with Gasteiger partial charge in [-0.15, -0.1) is 0 Å². The van der Waals surface area contributed by atoms with Crippen molar-refractivity contribution in [2.24, 2.45) is 11.0 Å². The number of azide groups is 1. The van der Waals surface area contributed by atoms with Gasteiger partial charge in [0, 0.05) is 18.0 Å². The number of nitrogens with zero attached hydrogens (tertiary/aromatic N) is 4. The minimum atomic E-state index is 0.238. The highest BCUT2D eigenvalue weighted by Crippen LogP contribution is 2.13. The molecular weight excluding hydrogens is 152 g/mol. The largest absolute Gasteiger partial charge is 0.302 e. The molecule has 12 heavy (non-hydrogen) atoms. The maximum Gasteiger partial charge on any atom is 0.0628 e. The summed E-state index contributed by atoms with van der Waals surface area (Å²) in [6, 6.07) is 0.238. The van der Waals surface area contributed by atoms with Crippen LogP contribution in [-0.2, 0) is 0 Å². The zero-order valence-electron chi connectivity index (χ0n) is 7.77. The minimum Gasteiger partial charge on any atom is -0.302 e. The molecule has 4 nitrogen and oxygen atoms in total. The number of hydrogen-bond acceptors (Lipinski definition) is 2. The van der Waals surface area contributed by atoms with Crippen LogP contribution in [0.2, 0.25) is 0 Å². The van der Waals surface area contributed by atoms with Gasteiger partial charge in [0.2, 0.25) is 0 Å². The zero-order chi connectivity index (χ0) is 8.97. The Morgan fingerprint density at radius 2 is 2.25 bits per heavy atom. The number of rotatable bonds is 4. The van der Waals surface area contributed by atoms with Gasteiger partial charge in [0.1, 0.15) is 0 Å². The van der Waals surface area contributed by atoms with Gasteiger partial charge in [-0.25, -0.2) is 0 Å². The lowest BCUT2D eigenvalue weighted by atomic mass is 10.1. The fourth-order valence-electron chi connectivity index (χ4n) is 1.31. The highest BCUT2D eigenvalue weighted by atomic mass is 15.3. The van der Waals surface area contributed by atoms with Crippen LogP contribution in [0.1, 0.15) is 20.3 Å². The SMILES string of the molecule is CC(C)CCN1CC(N=[N+]=[N-])C1. The first-order chi connectivity index (χ1) is 5.72. The summed E-state index contributed by atoms with van der Waals surface area (Å²) in [5.41, 5.74) is 8.15. The summed E-state index contributed by atoms with van der Waals surface area (Å²) in [7, 11) is 0. The minimum absolute atomic E-state index is 0.238. The molecule has 0 aromatic heterocycles. The van der Waals surface area contributed by atoms with Crippen molar-refractivity contribution in [2.45, 2.75) is 26.3 Å². The van der Waals surface area contributed by atoms with Gasteiger partial charge in [-0.2, -0.15) is 0 Å². The Morgan fingerprint density at radius 1 is 1.58 bits per heavy atom. The summed E-state index contributed by atoms with van der Waals surface area (Å²) in [6.07, 6.45) is 1.24. The molecule has 0 aromatic rings. The van der Waals surface area contributed by atoms with Gasteiger partial charge in [0.25, 0.3) is 0 Å². The predicted molar refractivity (Wildman–Crippen MR) is 48.8 cm³/mol.